The molecule has 1 aromatic carbocycles. The summed E-state index contributed by atoms with van der Waals surface area (Å²) in [6.45, 7) is 6.70. The van der Waals surface area contributed by atoms with Crippen molar-refractivity contribution in [2.24, 2.45) is 0 Å². The van der Waals surface area contributed by atoms with Crippen molar-refractivity contribution in [3.05, 3.63) is 35.9 Å². The summed E-state index contributed by atoms with van der Waals surface area (Å²) in [5.41, 5.74) is 1.43. The van der Waals surface area contributed by atoms with Crippen LogP contribution < -0.4 is 0 Å². The summed E-state index contributed by atoms with van der Waals surface area (Å²) in [7, 11) is -1.43. The molecule has 0 radical (unpaired) electrons. The lowest BCUT2D eigenvalue weighted by atomic mass is 10.0. The Morgan fingerprint density at radius 3 is 2.31 bits per heavy atom. The molecule has 0 N–H and O–H groups in total. The molecule has 0 saturated carbocycles. The van der Waals surface area contributed by atoms with Crippen LogP contribution in [-0.4, -0.2) is 20.1 Å². The Bertz CT molecular complexity index is 381. The van der Waals surface area contributed by atoms with Crippen LogP contribution in [0.15, 0.2) is 30.3 Å². The highest BCUT2D eigenvalue weighted by atomic mass is 28.3. The first-order chi connectivity index (χ1) is 7.48. The Balaban J connectivity index is 2.05. The van der Waals surface area contributed by atoms with Crippen molar-refractivity contribution in [2.45, 2.75) is 37.7 Å². The average molecular weight is 234 g/mol. The van der Waals surface area contributed by atoms with Gasteiger partial charge >= 0.3 is 5.97 Å². The fraction of sp³-hybridized carbons (Fsp3) is 0.462. The number of esters is 1. The van der Waals surface area contributed by atoms with Gasteiger partial charge in [0.1, 0.15) is 6.10 Å². The molecule has 2 nitrogen and oxygen atoms in total. The smallest absolute Gasteiger partial charge is 0.310 e. The summed E-state index contributed by atoms with van der Waals surface area (Å²) in [5.74, 6) is 0.0140. The van der Waals surface area contributed by atoms with E-state index in [0.717, 1.165) is 6.42 Å². The fourth-order valence-electron chi connectivity index (χ4n) is 2.29. The van der Waals surface area contributed by atoms with Gasteiger partial charge in [0.15, 0.2) is 0 Å². The Morgan fingerprint density at radius 1 is 1.19 bits per heavy atom. The summed E-state index contributed by atoms with van der Waals surface area (Å²) in [6.07, 6.45) is 0.975. The van der Waals surface area contributed by atoms with Crippen molar-refractivity contribution < 1.29 is 9.53 Å². The molecule has 0 aromatic heterocycles. The molecular formula is C13H18O2Si. The average Bonchev–Trinajstić information content (AvgIpc) is 2.15. The maximum atomic E-state index is 11.5. The monoisotopic (exact) mass is 234 g/mol. The largest absolute Gasteiger partial charge is 0.461 e. The zero-order valence-electron chi connectivity index (χ0n) is 10.1. The van der Waals surface area contributed by atoms with Crippen LogP contribution in [0.25, 0.3) is 0 Å². The maximum Gasteiger partial charge on any atom is 0.310 e. The Labute approximate surface area is 97.6 Å². The highest BCUT2D eigenvalue weighted by Crippen LogP contribution is 2.38. The summed E-state index contributed by atoms with van der Waals surface area (Å²) < 4.78 is 5.28. The third-order valence-corrected chi connectivity index (χ3v) is 5.58. The second kappa shape index (κ2) is 4.05. The van der Waals surface area contributed by atoms with Crippen LogP contribution in [0, 0.1) is 0 Å². The van der Waals surface area contributed by atoms with Crippen molar-refractivity contribution in [3.63, 3.8) is 0 Å². The normalized spacial score (nSPS) is 24.8. The van der Waals surface area contributed by atoms with Crippen LogP contribution in [-0.2, 0) is 16.0 Å². The zero-order chi connectivity index (χ0) is 11.8. The van der Waals surface area contributed by atoms with Gasteiger partial charge in [-0.1, -0.05) is 50.0 Å². The number of cyclic esters (lactones) is 1. The van der Waals surface area contributed by atoms with Crippen LogP contribution in [0.4, 0.5) is 0 Å². The van der Waals surface area contributed by atoms with Gasteiger partial charge in [-0.2, -0.15) is 0 Å². The topological polar surface area (TPSA) is 26.3 Å². The second-order valence-electron chi connectivity index (χ2n) is 5.51. The van der Waals surface area contributed by atoms with Gasteiger partial charge in [-0.3, -0.25) is 4.79 Å². The molecule has 0 amide bonds. The number of hydrogen-bond acceptors (Lipinski definition) is 2. The quantitative estimate of drug-likeness (QED) is 0.594. The lowest BCUT2D eigenvalue weighted by molar-refractivity contribution is -0.169. The van der Waals surface area contributed by atoms with E-state index in [4.69, 9.17) is 4.74 Å². The molecule has 1 saturated heterocycles. The van der Waals surface area contributed by atoms with Crippen LogP contribution in [0.2, 0.25) is 25.2 Å². The first kappa shape index (κ1) is 11.4. The van der Waals surface area contributed by atoms with E-state index in [-0.39, 0.29) is 17.6 Å². The lowest BCUT2D eigenvalue weighted by Gasteiger charge is -2.42. The lowest BCUT2D eigenvalue weighted by Crippen LogP contribution is -2.53. The van der Waals surface area contributed by atoms with Crippen molar-refractivity contribution in [2.75, 3.05) is 0 Å². The number of benzene rings is 1. The fourth-order valence-corrected chi connectivity index (χ4v) is 4.36. The summed E-state index contributed by atoms with van der Waals surface area (Å²) in [5, 5.41) is 0. The molecular weight excluding hydrogens is 216 g/mol. The summed E-state index contributed by atoms with van der Waals surface area (Å²) in [4.78, 5) is 11.5. The van der Waals surface area contributed by atoms with E-state index in [1.54, 1.807) is 0 Å². The van der Waals surface area contributed by atoms with Gasteiger partial charge < -0.3 is 4.74 Å². The van der Waals surface area contributed by atoms with Gasteiger partial charge in [-0.05, 0) is 5.56 Å². The van der Waals surface area contributed by atoms with E-state index in [1.807, 2.05) is 18.2 Å². The van der Waals surface area contributed by atoms with E-state index in [0.29, 0.717) is 0 Å². The molecule has 0 spiro atoms. The van der Waals surface area contributed by atoms with E-state index in [1.165, 1.54) is 5.56 Å². The van der Waals surface area contributed by atoms with Crippen LogP contribution in [0.5, 0.6) is 0 Å². The van der Waals surface area contributed by atoms with Gasteiger partial charge in [-0.15, -0.1) is 0 Å². The molecule has 1 aliphatic rings. The van der Waals surface area contributed by atoms with Crippen molar-refractivity contribution in [3.8, 4) is 0 Å². The first-order valence-electron chi connectivity index (χ1n) is 5.73. The van der Waals surface area contributed by atoms with Gasteiger partial charge in [0.05, 0.1) is 13.6 Å². The molecule has 16 heavy (non-hydrogen) atoms. The molecule has 86 valence electrons. The Kier molecular flexibility index (Phi) is 2.89. The molecule has 2 rings (SSSR count). The standard InChI is InChI=1S/C13H18O2Si/c1-16(2,3)12-11(15-13(12)14)9-10-7-5-4-6-8-10/h4-8,11-12H,9H2,1-3H3. The third-order valence-electron chi connectivity index (χ3n) is 3.11. The zero-order valence-corrected chi connectivity index (χ0v) is 11.1. The third kappa shape index (κ3) is 2.19. The SMILES string of the molecule is C[Si](C)(C)C1C(=O)OC1Cc1ccccc1. The molecule has 1 aliphatic heterocycles. The predicted molar refractivity (Wildman–Crippen MR) is 67.1 cm³/mol. The van der Waals surface area contributed by atoms with E-state index in [9.17, 15) is 4.79 Å². The Morgan fingerprint density at radius 2 is 1.81 bits per heavy atom. The van der Waals surface area contributed by atoms with E-state index >= 15 is 0 Å². The van der Waals surface area contributed by atoms with Gasteiger partial charge in [0.25, 0.3) is 0 Å². The second-order valence-corrected chi connectivity index (χ2v) is 10.9. The Hall–Kier alpha value is -1.09. The van der Waals surface area contributed by atoms with Crippen molar-refractivity contribution in [1.29, 1.82) is 0 Å². The maximum absolute atomic E-state index is 11.5. The molecule has 2 atom stereocenters. The molecule has 2 unspecified atom stereocenters. The molecule has 3 heteroatoms. The minimum absolute atomic E-state index is 0.0140. The van der Waals surface area contributed by atoms with Crippen LogP contribution in [0.3, 0.4) is 0 Å². The van der Waals surface area contributed by atoms with Crippen molar-refractivity contribution >= 4 is 14.0 Å². The number of hydrogen-bond donors (Lipinski definition) is 0. The first-order valence-corrected chi connectivity index (χ1v) is 9.30. The minimum Gasteiger partial charge on any atom is -0.461 e. The molecule has 1 fully saturated rings. The molecule has 0 bridgehead atoms. The number of carbonyl (C=O) groups excluding carboxylic acids is 1. The summed E-state index contributed by atoms with van der Waals surface area (Å²) >= 11 is 0. The molecule has 0 aliphatic carbocycles. The summed E-state index contributed by atoms with van der Waals surface area (Å²) in [6, 6.07) is 10.2. The number of ether oxygens (including phenoxy) is 1. The molecule has 1 aromatic rings. The highest BCUT2D eigenvalue weighted by molar-refractivity contribution is 6.81. The molecule has 1 heterocycles. The van der Waals surface area contributed by atoms with Gasteiger partial charge in [-0.25, -0.2) is 0 Å². The van der Waals surface area contributed by atoms with Crippen molar-refractivity contribution in [1.82, 2.24) is 0 Å². The van der Waals surface area contributed by atoms with Crippen LogP contribution in [0.1, 0.15) is 5.56 Å². The van der Waals surface area contributed by atoms with Crippen LogP contribution >= 0.6 is 0 Å². The minimum atomic E-state index is -1.43. The predicted octanol–water partition coefficient (Wildman–Crippen LogP) is 2.86. The number of rotatable bonds is 3. The van der Waals surface area contributed by atoms with E-state index in [2.05, 4.69) is 31.8 Å². The number of carbonyl (C=O) groups is 1. The van der Waals surface area contributed by atoms with E-state index < -0.39 is 8.07 Å². The highest BCUT2D eigenvalue weighted by Gasteiger charge is 2.49. The van der Waals surface area contributed by atoms with Gasteiger partial charge in [0.2, 0.25) is 0 Å². The van der Waals surface area contributed by atoms with Gasteiger partial charge in [0, 0.05) is 6.42 Å².